The normalized spacial score (nSPS) is 10.4. The summed E-state index contributed by atoms with van der Waals surface area (Å²) in [7, 11) is 0. The van der Waals surface area contributed by atoms with Crippen LogP contribution < -0.4 is 5.32 Å². The lowest BCUT2D eigenvalue weighted by Gasteiger charge is -2.09. The first-order valence-electron chi connectivity index (χ1n) is 7.80. The van der Waals surface area contributed by atoms with E-state index >= 15 is 0 Å². The summed E-state index contributed by atoms with van der Waals surface area (Å²) in [4.78, 5) is 24.2. The highest BCUT2D eigenvalue weighted by Crippen LogP contribution is 2.19. The van der Waals surface area contributed by atoms with Crippen molar-refractivity contribution in [2.24, 2.45) is 0 Å². The molecule has 1 amide bonds. The molecular formula is C20H16ClNO3. The standard InChI is InChI=1S/C20H16ClNO3/c21-18-11-4-2-7-15(18)12-22-19(23)13-25-20(24)17-10-5-8-14-6-1-3-9-16(14)17/h1-11H,12-13H2,(H,22,23). The zero-order valence-electron chi connectivity index (χ0n) is 13.4. The van der Waals surface area contributed by atoms with E-state index < -0.39 is 5.97 Å². The van der Waals surface area contributed by atoms with Crippen LogP contribution in [0.4, 0.5) is 0 Å². The van der Waals surface area contributed by atoms with Gasteiger partial charge in [0.25, 0.3) is 5.91 Å². The summed E-state index contributed by atoms with van der Waals surface area (Å²) in [5, 5.41) is 5.00. The Kier molecular flexibility index (Phi) is 5.31. The van der Waals surface area contributed by atoms with E-state index in [0.717, 1.165) is 16.3 Å². The predicted molar refractivity (Wildman–Crippen MR) is 97.5 cm³/mol. The van der Waals surface area contributed by atoms with Crippen molar-refractivity contribution < 1.29 is 14.3 Å². The summed E-state index contributed by atoms with van der Waals surface area (Å²) in [5.41, 5.74) is 1.25. The second-order valence-corrected chi connectivity index (χ2v) is 5.88. The third-order valence-corrected chi connectivity index (χ3v) is 4.15. The van der Waals surface area contributed by atoms with Crippen LogP contribution in [0.5, 0.6) is 0 Å². The van der Waals surface area contributed by atoms with Crippen molar-refractivity contribution >= 4 is 34.2 Å². The summed E-state index contributed by atoms with van der Waals surface area (Å²) in [5.74, 6) is -0.904. The van der Waals surface area contributed by atoms with Crippen molar-refractivity contribution in [3.05, 3.63) is 82.9 Å². The minimum Gasteiger partial charge on any atom is -0.452 e. The van der Waals surface area contributed by atoms with Crippen LogP contribution in [0.1, 0.15) is 15.9 Å². The van der Waals surface area contributed by atoms with Crippen LogP contribution in [0.3, 0.4) is 0 Å². The molecule has 0 aliphatic rings. The third kappa shape index (κ3) is 4.17. The van der Waals surface area contributed by atoms with Gasteiger partial charge in [-0.2, -0.15) is 0 Å². The number of nitrogens with one attached hydrogen (secondary N) is 1. The maximum absolute atomic E-state index is 12.3. The molecule has 0 atom stereocenters. The number of esters is 1. The van der Waals surface area contributed by atoms with Crippen LogP contribution in [-0.2, 0) is 16.1 Å². The van der Waals surface area contributed by atoms with Gasteiger partial charge in [-0.25, -0.2) is 4.79 Å². The number of hydrogen-bond acceptors (Lipinski definition) is 3. The molecular weight excluding hydrogens is 338 g/mol. The molecule has 0 aromatic heterocycles. The third-order valence-electron chi connectivity index (χ3n) is 3.78. The number of hydrogen-bond donors (Lipinski definition) is 1. The van der Waals surface area contributed by atoms with Gasteiger partial charge in [0.1, 0.15) is 0 Å². The van der Waals surface area contributed by atoms with Gasteiger partial charge in [0.15, 0.2) is 6.61 Å². The predicted octanol–water partition coefficient (Wildman–Crippen LogP) is 3.97. The molecule has 0 spiro atoms. The van der Waals surface area contributed by atoms with E-state index in [4.69, 9.17) is 16.3 Å². The first-order chi connectivity index (χ1) is 12.1. The molecule has 0 aliphatic heterocycles. The maximum atomic E-state index is 12.3. The fourth-order valence-electron chi connectivity index (χ4n) is 2.50. The molecule has 0 radical (unpaired) electrons. The van der Waals surface area contributed by atoms with Crippen LogP contribution in [-0.4, -0.2) is 18.5 Å². The van der Waals surface area contributed by atoms with E-state index in [1.54, 1.807) is 18.2 Å². The van der Waals surface area contributed by atoms with Gasteiger partial charge in [-0.1, -0.05) is 66.2 Å². The van der Waals surface area contributed by atoms with Crippen molar-refractivity contribution in [1.29, 1.82) is 0 Å². The number of carbonyl (C=O) groups excluding carboxylic acids is 2. The van der Waals surface area contributed by atoms with Gasteiger partial charge in [-0.05, 0) is 28.5 Å². The summed E-state index contributed by atoms with van der Waals surface area (Å²) in [6, 6.07) is 20.2. The van der Waals surface area contributed by atoms with Crippen LogP contribution in [0, 0.1) is 0 Å². The molecule has 0 saturated carbocycles. The Bertz CT molecular complexity index is 918. The van der Waals surface area contributed by atoms with Gasteiger partial charge in [0, 0.05) is 11.6 Å². The Hall–Kier alpha value is -2.85. The van der Waals surface area contributed by atoms with E-state index in [9.17, 15) is 9.59 Å². The highest BCUT2D eigenvalue weighted by molar-refractivity contribution is 6.31. The summed E-state index contributed by atoms with van der Waals surface area (Å²) in [6.45, 7) is -0.0587. The molecule has 3 aromatic carbocycles. The van der Waals surface area contributed by atoms with Gasteiger partial charge >= 0.3 is 5.97 Å². The Morgan fingerprint density at radius 1 is 0.920 bits per heavy atom. The molecule has 3 rings (SSSR count). The second-order valence-electron chi connectivity index (χ2n) is 5.47. The average Bonchev–Trinajstić information content (AvgIpc) is 2.65. The number of fused-ring (bicyclic) bond motifs is 1. The Morgan fingerprint density at radius 3 is 2.48 bits per heavy atom. The molecule has 0 bridgehead atoms. The Morgan fingerprint density at radius 2 is 1.64 bits per heavy atom. The molecule has 0 unspecified atom stereocenters. The van der Waals surface area contributed by atoms with Crippen molar-refractivity contribution in [1.82, 2.24) is 5.32 Å². The second kappa shape index (κ2) is 7.81. The topological polar surface area (TPSA) is 55.4 Å². The first kappa shape index (κ1) is 17.0. The minimum absolute atomic E-state index is 0.282. The molecule has 1 N–H and O–H groups in total. The lowest BCUT2D eigenvalue weighted by atomic mass is 10.1. The number of carbonyl (C=O) groups is 2. The number of ether oxygens (including phenoxy) is 1. The lowest BCUT2D eigenvalue weighted by molar-refractivity contribution is -0.124. The molecule has 4 nitrogen and oxygen atoms in total. The molecule has 0 heterocycles. The fraction of sp³-hybridized carbons (Fsp3) is 0.100. The molecule has 0 saturated heterocycles. The van der Waals surface area contributed by atoms with Crippen LogP contribution in [0.25, 0.3) is 10.8 Å². The molecule has 0 aliphatic carbocycles. The number of benzene rings is 3. The highest BCUT2D eigenvalue weighted by atomic mass is 35.5. The Balaban J connectivity index is 1.58. The first-order valence-corrected chi connectivity index (χ1v) is 8.18. The van der Waals surface area contributed by atoms with E-state index in [1.807, 2.05) is 48.5 Å². The SMILES string of the molecule is O=C(COC(=O)c1cccc2ccccc12)NCc1ccccc1Cl. The van der Waals surface area contributed by atoms with E-state index in [1.165, 1.54) is 0 Å². The molecule has 0 fully saturated rings. The minimum atomic E-state index is -0.523. The van der Waals surface area contributed by atoms with Crippen LogP contribution >= 0.6 is 11.6 Å². The van der Waals surface area contributed by atoms with Crippen molar-refractivity contribution in [3.63, 3.8) is 0 Å². The van der Waals surface area contributed by atoms with Gasteiger partial charge in [0.2, 0.25) is 0 Å². The highest BCUT2D eigenvalue weighted by Gasteiger charge is 2.13. The zero-order valence-corrected chi connectivity index (χ0v) is 14.1. The van der Waals surface area contributed by atoms with Gasteiger partial charge in [-0.3, -0.25) is 4.79 Å². The van der Waals surface area contributed by atoms with Gasteiger partial charge < -0.3 is 10.1 Å². The van der Waals surface area contributed by atoms with Gasteiger partial charge in [0.05, 0.1) is 5.56 Å². The lowest BCUT2D eigenvalue weighted by Crippen LogP contribution is -2.28. The number of halogens is 1. The van der Waals surface area contributed by atoms with E-state index in [-0.39, 0.29) is 19.1 Å². The van der Waals surface area contributed by atoms with Crippen molar-refractivity contribution in [2.45, 2.75) is 6.54 Å². The van der Waals surface area contributed by atoms with Gasteiger partial charge in [-0.15, -0.1) is 0 Å². The summed E-state index contributed by atoms with van der Waals surface area (Å²) in [6.07, 6.45) is 0. The molecule has 3 aromatic rings. The largest absolute Gasteiger partial charge is 0.452 e. The number of amides is 1. The van der Waals surface area contributed by atoms with E-state index in [2.05, 4.69) is 5.32 Å². The van der Waals surface area contributed by atoms with E-state index in [0.29, 0.717) is 10.6 Å². The number of rotatable bonds is 5. The smallest absolute Gasteiger partial charge is 0.339 e. The van der Waals surface area contributed by atoms with Crippen LogP contribution in [0.2, 0.25) is 5.02 Å². The quantitative estimate of drug-likeness (QED) is 0.706. The fourth-order valence-corrected chi connectivity index (χ4v) is 2.70. The molecule has 126 valence electrons. The monoisotopic (exact) mass is 353 g/mol. The molecule has 25 heavy (non-hydrogen) atoms. The zero-order chi connectivity index (χ0) is 17.6. The van der Waals surface area contributed by atoms with Crippen molar-refractivity contribution in [2.75, 3.05) is 6.61 Å². The molecule has 5 heteroatoms. The summed E-state index contributed by atoms with van der Waals surface area (Å²) >= 11 is 6.03. The van der Waals surface area contributed by atoms with Crippen molar-refractivity contribution in [3.8, 4) is 0 Å². The average molecular weight is 354 g/mol. The maximum Gasteiger partial charge on any atom is 0.339 e. The van der Waals surface area contributed by atoms with Crippen LogP contribution in [0.15, 0.2) is 66.7 Å². The Labute approximate surface area is 150 Å². The summed E-state index contributed by atoms with van der Waals surface area (Å²) < 4.78 is 5.13.